The number of amides is 1. The molecule has 0 aliphatic rings. The lowest BCUT2D eigenvalue weighted by atomic mass is 10.1. The molecule has 0 saturated heterocycles. The van der Waals surface area contributed by atoms with Gasteiger partial charge in [0.05, 0.1) is 0 Å². The molecule has 2 N–H and O–H groups in total. The molecule has 126 valence electrons. The van der Waals surface area contributed by atoms with Crippen LogP contribution in [0, 0.1) is 18.3 Å². The number of benzene rings is 2. The van der Waals surface area contributed by atoms with Crippen molar-refractivity contribution in [2.24, 2.45) is 0 Å². The van der Waals surface area contributed by atoms with Gasteiger partial charge in [-0.05, 0) is 43.7 Å². The van der Waals surface area contributed by atoms with E-state index in [-0.39, 0.29) is 11.4 Å². The van der Waals surface area contributed by atoms with Gasteiger partial charge in [0.15, 0.2) is 5.78 Å². The van der Waals surface area contributed by atoms with Crippen LogP contribution in [-0.4, -0.2) is 11.7 Å². The van der Waals surface area contributed by atoms with Gasteiger partial charge in [0.2, 0.25) is 0 Å². The molecule has 1 amide bonds. The Labute approximate surface area is 150 Å². The van der Waals surface area contributed by atoms with Crippen molar-refractivity contribution in [2.75, 3.05) is 10.6 Å². The van der Waals surface area contributed by atoms with Gasteiger partial charge < -0.3 is 10.6 Å². The molecule has 0 spiro atoms. The Morgan fingerprint density at radius 2 is 1.92 bits per heavy atom. The molecule has 0 bridgehead atoms. The number of nitriles is 1. The van der Waals surface area contributed by atoms with Crippen LogP contribution in [0.3, 0.4) is 0 Å². The van der Waals surface area contributed by atoms with Crippen LogP contribution in [0.5, 0.6) is 0 Å². The van der Waals surface area contributed by atoms with Crippen molar-refractivity contribution in [2.45, 2.75) is 13.8 Å². The Balaban J connectivity index is 2.12. The molecule has 0 saturated carbocycles. The predicted octanol–water partition coefficient (Wildman–Crippen LogP) is 4.31. The summed E-state index contributed by atoms with van der Waals surface area (Å²) in [5.41, 5.74) is 2.41. The summed E-state index contributed by atoms with van der Waals surface area (Å²) in [4.78, 5) is 23.6. The number of anilines is 2. The standard InChI is InChI=1S/C19H16ClN3O2/c1-12-6-7-16(9-18(12)20)22-11-15(10-21)19(25)23-17-5-3-4-14(8-17)13(2)24/h3-9,11,22H,1-2H3,(H,23,25)/b15-11-. The van der Waals surface area contributed by atoms with E-state index in [2.05, 4.69) is 10.6 Å². The topological polar surface area (TPSA) is 82.0 Å². The van der Waals surface area contributed by atoms with Gasteiger partial charge in [-0.3, -0.25) is 9.59 Å². The molecule has 5 nitrogen and oxygen atoms in total. The first-order valence-electron chi connectivity index (χ1n) is 7.46. The fourth-order valence-electron chi connectivity index (χ4n) is 2.00. The lowest BCUT2D eigenvalue weighted by molar-refractivity contribution is -0.112. The number of ketones is 1. The van der Waals surface area contributed by atoms with E-state index in [0.717, 1.165) is 5.56 Å². The second-order valence-electron chi connectivity index (χ2n) is 5.37. The molecular formula is C19H16ClN3O2. The third kappa shape index (κ3) is 4.93. The van der Waals surface area contributed by atoms with Crippen molar-refractivity contribution in [3.8, 4) is 6.07 Å². The van der Waals surface area contributed by atoms with Crippen LogP contribution < -0.4 is 10.6 Å². The average molecular weight is 354 g/mol. The average Bonchev–Trinajstić information content (AvgIpc) is 2.58. The maximum atomic E-state index is 12.2. The summed E-state index contributed by atoms with van der Waals surface area (Å²) in [6.45, 7) is 3.32. The monoisotopic (exact) mass is 353 g/mol. The Morgan fingerprint density at radius 1 is 1.16 bits per heavy atom. The molecule has 0 unspecified atom stereocenters. The number of nitrogens with one attached hydrogen (secondary N) is 2. The summed E-state index contributed by atoms with van der Waals surface area (Å²) in [6, 6.07) is 13.7. The van der Waals surface area contributed by atoms with E-state index in [1.165, 1.54) is 13.1 Å². The molecule has 0 aliphatic heterocycles. The number of carbonyl (C=O) groups excluding carboxylic acids is 2. The van der Waals surface area contributed by atoms with E-state index in [0.29, 0.717) is 22.0 Å². The number of Topliss-reactive ketones (excluding diaryl/α,β-unsaturated/α-hetero) is 1. The smallest absolute Gasteiger partial charge is 0.267 e. The van der Waals surface area contributed by atoms with Crippen molar-refractivity contribution in [1.82, 2.24) is 0 Å². The third-order valence-corrected chi connectivity index (χ3v) is 3.85. The summed E-state index contributed by atoms with van der Waals surface area (Å²) < 4.78 is 0. The Kier molecular flexibility index (Phi) is 5.93. The highest BCUT2D eigenvalue weighted by atomic mass is 35.5. The number of hydrogen-bond donors (Lipinski definition) is 2. The number of nitrogens with zero attached hydrogens (tertiary/aromatic N) is 1. The zero-order valence-corrected chi connectivity index (χ0v) is 14.5. The van der Waals surface area contributed by atoms with E-state index >= 15 is 0 Å². The molecule has 6 heteroatoms. The van der Waals surface area contributed by atoms with E-state index in [4.69, 9.17) is 11.6 Å². The summed E-state index contributed by atoms with van der Waals surface area (Å²) in [5, 5.41) is 15.3. The first kappa shape index (κ1) is 18.2. The Bertz CT molecular complexity index is 898. The summed E-state index contributed by atoms with van der Waals surface area (Å²) >= 11 is 6.04. The van der Waals surface area contributed by atoms with Crippen LogP contribution in [0.2, 0.25) is 5.02 Å². The molecule has 0 aliphatic carbocycles. The molecule has 2 aromatic carbocycles. The zero-order valence-electron chi connectivity index (χ0n) is 13.8. The number of halogens is 1. The molecular weight excluding hydrogens is 338 g/mol. The van der Waals surface area contributed by atoms with Crippen molar-refractivity contribution in [1.29, 1.82) is 5.26 Å². The summed E-state index contributed by atoms with van der Waals surface area (Å²) in [6.07, 6.45) is 1.31. The van der Waals surface area contributed by atoms with Gasteiger partial charge in [0, 0.05) is 28.2 Å². The fourth-order valence-corrected chi connectivity index (χ4v) is 2.18. The zero-order chi connectivity index (χ0) is 18.4. The fraction of sp³-hybridized carbons (Fsp3) is 0.105. The second-order valence-corrected chi connectivity index (χ2v) is 5.78. The van der Waals surface area contributed by atoms with Gasteiger partial charge in [-0.15, -0.1) is 0 Å². The van der Waals surface area contributed by atoms with Gasteiger partial charge >= 0.3 is 0 Å². The highest BCUT2D eigenvalue weighted by Gasteiger charge is 2.10. The van der Waals surface area contributed by atoms with Crippen LogP contribution in [-0.2, 0) is 4.79 Å². The third-order valence-electron chi connectivity index (χ3n) is 3.45. The van der Waals surface area contributed by atoms with E-state index in [9.17, 15) is 14.9 Å². The van der Waals surface area contributed by atoms with Gasteiger partial charge in [-0.2, -0.15) is 5.26 Å². The van der Waals surface area contributed by atoms with Crippen LogP contribution in [0.4, 0.5) is 11.4 Å². The molecule has 0 radical (unpaired) electrons. The lowest BCUT2D eigenvalue weighted by Crippen LogP contribution is -2.14. The summed E-state index contributed by atoms with van der Waals surface area (Å²) in [5.74, 6) is -0.682. The van der Waals surface area contributed by atoms with Gasteiger partial charge in [-0.25, -0.2) is 0 Å². The van der Waals surface area contributed by atoms with Crippen molar-refractivity contribution in [3.05, 3.63) is 70.4 Å². The Morgan fingerprint density at radius 3 is 2.56 bits per heavy atom. The molecule has 0 aromatic heterocycles. The highest BCUT2D eigenvalue weighted by Crippen LogP contribution is 2.20. The van der Waals surface area contributed by atoms with E-state index in [1.54, 1.807) is 36.4 Å². The minimum atomic E-state index is -0.575. The van der Waals surface area contributed by atoms with Crippen molar-refractivity contribution < 1.29 is 9.59 Å². The number of carbonyl (C=O) groups is 2. The van der Waals surface area contributed by atoms with Crippen LogP contribution >= 0.6 is 11.6 Å². The van der Waals surface area contributed by atoms with E-state index < -0.39 is 5.91 Å². The largest absolute Gasteiger partial charge is 0.360 e. The van der Waals surface area contributed by atoms with Crippen LogP contribution in [0.15, 0.2) is 54.2 Å². The van der Waals surface area contributed by atoms with Crippen molar-refractivity contribution in [3.63, 3.8) is 0 Å². The van der Waals surface area contributed by atoms with Crippen LogP contribution in [0.25, 0.3) is 0 Å². The highest BCUT2D eigenvalue weighted by molar-refractivity contribution is 6.31. The minimum absolute atomic E-state index is 0.106. The molecule has 2 rings (SSSR count). The normalized spacial score (nSPS) is 10.7. The number of rotatable bonds is 5. The first-order valence-corrected chi connectivity index (χ1v) is 7.84. The van der Waals surface area contributed by atoms with Crippen molar-refractivity contribution >= 4 is 34.7 Å². The van der Waals surface area contributed by atoms with Gasteiger partial charge in [-0.1, -0.05) is 29.8 Å². The Hall–Kier alpha value is -3.10. The number of aryl methyl sites for hydroxylation is 1. The predicted molar refractivity (Wildman–Crippen MR) is 98.6 cm³/mol. The maximum absolute atomic E-state index is 12.2. The SMILES string of the molecule is CC(=O)c1cccc(NC(=O)/C(C#N)=C\Nc2ccc(C)c(Cl)c2)c1. The maximum Gasteiger partial charge on any atom is 0.267 e. The second kappa shape index (κ2) is 8.13. The lowest BCUT2D eigenvalue weighted by Gasteiger charge is -2.07. The molecule has 0 fully saturated rings. The molecule has 25 heavy (non-hydrogen) atoms. The van der Waals surface area contributed by atoms with Gasteiger partial charge in [0.1, 0.15) is 11.6 Å². The first-order chi connectivity index (χ1) is 11.9. The number of hydrogen-bond acceptors (Lipinski definition) is 4. The van der Waals surface area contributed by atoms with Gasteiger partial charge in [0.25, 0.3) is 5.91 Å². The quantitative estimate of drug-likeness (QED) is 0.476. The molecule has 0 atom stereocenters. The summed E-state index contributed by atoms with van der Waals surface area (Å²) in [7, 11) is 0. The van der Waals surface area contributed by atoms with E-state index in [1.807, 2.05) is 19.1 Å². The molecule has 0 heterocycles. The van der Waals surface area contributed by atoms with Crippen LogP contribution in [0.1, 0.15) is 22.8 Å². The molecule has 2 aromatic rings. The minimum Gasteiger partial charge on any atom is -0.360 e.